The maximum atomic E-state index is 14.0. The highest BCUT2D eigenvalue weighted by Gasteiger charge is 2.49. The molecule has 0 radical (unpaired) electrons. The Labute approximate surface area is 114 Å². The first-order chi connectivity index (χ1) is 7.82. The first-order valence-electron chi connectivity index (χ1n) is 6.15. The number of nitrogens with zero attached hydrogens (tertiary/aromatic N) is 1. The van der Waals surface area contributed by atoms with Crippen LogP contribution >= 0.6 is 12.4 Å². The first-order valence-corrected chi connectivity index (χ1v) is 6.15. The molecule has 1 unspecified atom stereocenters. The molecule has 2 aliphatic heterocycles. The van der Waals surface area contributed by atoms with Crippen LogP contribution in [-0.2, 0) is 4.74 Å². The van der Waals surface area contributed by atoms with E-state index in [0.29, 0.717) is 6.54 Å². The maximum absolute atomic E-state index is 14.0. The maximum Gasteiger partial charge on any atom is 0.410 e. The highest BCUT2D eigenvalue weighted by Crippen LogP contribution is 2.37. The molecule has 0 aliphatic carbocycles. The fourth-order valence-corrected chi connectivity index (χ4v) is 2.33. The summed E-state index contributed by atoms with van der Waals surface area (Å²) in [5.74, 6) is 0. The lowest BCUT2D eigenvalue weighted by Gasteiger charge is -2.50. The smallest absolute Gasteiger partial charge is 0.410 e. The minimum Gasteiger partial charge on any atom is -0.444 e. The van der Waals surface area contributed by atoms with Gasteiger partial charge in [-0.25, -0.2) is 9.18 Å². The van der Waals surface area contributed by atoms with Gasteiger partial charge in [-0.05, 0) is 27.2 Å². The fraction of sp³-hybridized carbons (Fsp3) is 0.917. The lowest BCUT2D eigenvalue weighted by atomic mass is 9.72. The number of nitrogens with one attached hydrogen (secondary N) is 1. The number of carbonyl (C=O) groups excluding carboxylic acids is 1. The number of alkyl halides is 1. The van der Waals surface area contributed by atoms with Crippen molar-refractivity contribution in [2.24, 2.45) is 5.41 Å². The third-order valence-corrected chi connectivity index (χ3v) is 3.53. The molecular formula is C12H22ClFN2O2. The van der Waals surface area contributed by atoms with Gasteiger partial charge in [-0.3, -0.25) is 0 Å². The second-order valence-electron chi connectivity index (χ2n) is 6.11. The zero-order valence-corrected chi connectivity index (χ0v) is 12.0. The summed E-state index contributed by atoms with van der Waals surface area (Å²) < 4.78 is 19.3. The van der Waals surface area contributed by atoms with E-state index >= 15 is 0 Å². The molecule has 2 saturated heterocycles. The van der Waals surface area contributed by atoms with E-state index in [1.54, 1.807) is 0 Å². The molecule has 0 aromatic rings. The van der Waals surface area contributed by atoms with Crippen molar-refractivity contribution in [3.05, 3.63) is 0 Å². The molecule has 0 saturated carbocycles. The van der Waals surface area contributed by atoms with E-state index in [1.807, 2.05) is 20.8 Å². The largest absolute Gasteiger partial charge is 0.444 e. The predicted molar refractivity (Wildman–Crippen MR) is 69.9 cm³/mol. The zero-order chi connectivity index (χ0) is 12.7. The quantitative estimate of drug-likeness (QED) is 0.738. The van der Waals surface area contributed by atoms with Crippen molar-refractivity contribution in [3.63, 3.8) is 0 Å². The molecule has 1 spiro atoms. The molecule has 2 rings (SSSR count). The molecule has 1 N–H and O–H groups in total. The Morgan fingerprint density at radius 1 is 1.44 bits per heavy atom. The summed E-state index contributed by atoms with van der Waals surface area (Å²) in [5.41, 5.74) is -0.742. The molecule has 18 heavy (non-hydrogen) atoms. The van der Waals surface area contributed by atoms with Crippen molar-refractivity contribution in [2.45, 2.75) is 39.0 Å². The van der Waals surface area contributed by atoms with Crippen LogP contribution in [0.2, 0.25) is 0 Å². The SMILES string of the molecule is CC(C)(C)OC(=O)N1CCC2(CNC2)C(F)C1.Cl. The molecule has 2 aliphatic rings. The molecule has 1 atom stereocenters. The van der Waals surface area contributed by atoms with Crippen molar-refractivity contribution in [2.75, 3.05) is 26.2 Å². The first kappa shape index (κ1) is 15.5. The van der Waals surface area contributed by atoms with Gasteiger partial charge in [0.2, 0.25) is 0 Å². The summed E-state index contributed by atoms with van der Waals surface area (Å²) in [6, 6.07) is 0. The van der Waals surface area contributed by atoms with Crippen LogP contribution in [0.4, 0.5) is 9.18 Å². The number of rotatable bonds is 0. The predicted octanol–water partition coefficient (Wildman–Crippen LogP) is 1.98. The molecule has 0 aromatic heterocycles. The number of likely N-dealkylation sites (tertiary alicyclic amines) is 1. The van der Waals surface area contributed by atoms with Gasteiger partial charge >= 0.3 is 6.09 Å². The van der Waals surface area contributed by atoms with Crippen molar-refractivity contribution in [3.8, 4) is 0 Å². The molecule has 1 amide bonds. The Hall–Kier alpha value is -0.550. The Bertz CT molecular complexity index is 316. The van der Waals surface area contributed by atoms with Crippen molar-refractivity contribution in [1.29, 1.82) is 0 Å². The lowest BCUT2D eigenvalue weighted by Crippen LogP contribution is -2.65. The van der Waals surface area contributed by atoms with Gasteiger partial charge in [-0.1, -0.05) is 0 Å². The zero-order valence-electron chi connectivity index (χ0n) is 11.2. The molecule has 6 heteroatoms. The number of hydrogen-bond donors (Lipinski definition) is 1. The minimum atomic E-state index is -0.940. The van der Waals surface area contributed by atoms with E-state index in [9.17, 15) is 9.18 Å². The number of carbonyl (C=O) groups is 1. The summed E-state index contributed by atoms with van der Waals surface area (Å²) in [4.78, 5) is 13.3. The average Bonchev–Trinajstić information content (AvgIpc) is 2.12. The number of piperidine rings is 1. The third kappa shape index (κ3) is 3.06. The molecule has 2 fully saturated rings. The molecule has 2 heterocycles. The summed E-state index contributed by atoms with van der Waals surface area (Å²) >= 11 is 0. The van der Waals surface area contributed by atoms with Gasteiger partial charge in [0.25, 0.3) is 0 Å². The van der Waals surface area contributed by atoms with E-state index in [1.165, 1.54) is 4.90 Å². The Morgan fingerprint density at radius 2 is 2.06 bits per heavy atom. The van der Waals surface area contributed by atoms with Crippen LogP contribution in [0.3, 0.4) is 0 Å². The van der Waals surface area contributed by atoms with Gasteiger partial charge in [0.1, 0.15) is 11.8 Å². The third-order valence-electron chi connectivity index (χ3n) is 3.53. The van der Waals surface area contributed by atoms with E-state index in [0.717, 1.165) is 19.5 Å². The second kappa shape index (κ2) is 5.21. The van der Waals surface area contributed by atoms with Crippen LogP contribution in [0.25, 0.3) is 0 Å². The molecule has 0 aromatic carbocycles. The molecule has 106 valence electrons. The van der Waals surface area contributed by atoms with Crippen molar-refractivity contribution in [1.82, 2.24) is 10.2 Å². The topological polar surface area (TPSA) is 41.6 Å². The van der Waals surface area contributed by atoms with Gasteiger partial charge in [0, 0.05) is 25.0 Å². The van der Waals surface area contributed by atoms with Crippen LogP contribution in [0.5, 0.6) is 0 Å². The van der Waals surface area contributed by atoms with Gasteiger partial charge in [-0.15, -0.1) is 12.4 Å². The normalized spacial score (nSPS) is 26.2. The highest BCUT2D eigenvalue weighted by atomic mass is 35.5. The fourth-order valence-electron chi connectivity index (χ4n) is 2.33. The van der Waals surface area contributed by atoms with Gasteiger partial charge in [0.15, 0.2) is 0 Å². The lowest BCUT2D eigenvalue weighted by molar-refractivity contribution is -0.0409. The van der Waals surface area contributed by atoms with E-state index in [2.05, 4.69) is 5.32 Å². The van der Waals surface area contributed by atoms with Crippen LogP contribution in [0.1, 0.15) is 27.2 Å². The Morgan fingerprint density at radius 3 is 2.44 bits per heavy atom. The van der Waals surface area contributed by atoms with Crippen LogP contribution in [-0.4, -0.2) is 48.9 Å². The second-order valence-corrected chi connectivity index (χ2v) is 6.11. The average molecular weight is 281 g/mol. The van der Waals surface area contributed by atoms with E-state index in [4.69, 9.17) is 4.74 Å². The molecule has 4 nitrogen and oxygen atoms in total. The summed E-state index contributed by atoms with van der Waals surface area (Å²) in [7, 11) is 0. The number of hydrogen-bond acceptors (Lipinski definition) is 3. The van der Waals surface area contributed by atoms with Gasteiger partial charge in [0.05, 0.1) is 6.54 Å². The van der Waals surface area contributed by atoms with E-state index < -0.39 is 17.9 Å². The summed E-state index contributed by atoms with van der Waals surface area (Å²) in [6.07, 6.45) is -0.618. The van der Waals surface area contributed by atoms with E-state index in [-0.39, 0.29) is 24.4 Å². The number of amides is 1. The van der Waals surface area contributed by atoms with Gasteiger partial charge in [-0.2, -0.15) is 0 Å². The summed E-state index contributed by atoms with van der Waals surface area (Å²) in [5, 5.41) is 3.11. The highest BCUT2D eigenvalue weighted by molar-refractivity contribution is 5.85. The van der Waals surface area contributed by atoms with Crippen LogP contribution in [0, 0.1) is 5.41 Å². The van der Waals surface area contributed by atoms with Gasteiger partial charge < -0.3 is 15.0 Å². The Balaban J connectivity index is 0.00000162. The number of halogens is 2. The van der Waals surface area contributed by atoms with Crippen molar-refractivity contribution >= 4 is 18.5 Å². The minimum absolute atomic E-state index is 0. The standard InChI is InChI=1S/C12H21FN2O2.ClH/c1-11(2,3)17-10(16)15-5-4-12(7-14-8-12)9(13)6-15;/h9,14H,4-8H2,1-3H3;1H. The number of ether oxygens (including phenoxy) is 1. The molecular weight excluding hydrogens is 259 g/mol. The summed E-state index contributed by atoms with van der Waals surface area (Å²) in [6.45, 7) is 7.68. The van der Waals surface area contributed by atoms with Crippen LogP contribution < -0.4 is 5.32 Å². The Kier molecular flexibility index (Phi) is 4.49. The van der Waals surface area contributed by atoms with Crippen LogP contribution in [0.15, 0.2) is 0 Å². The van der Waals surface area contributed by atoms with Crippen molar-refractivity contribution < 1.29 is 13.9 Å². The molecule has 0 bridgehead atoms. The monoisotopic (exact) mass is 280 g/mol.